The van der Waals surface area contributed by atoms with Gasteiger partial charge in [-0.3, -0.25) is 9.59 Å². The van der Waals surface area contributed by atoms with Crippen molar-refractivity contribution in [2.24, 2.45) is 0 Å². The van der Waals surface area contributed by atoms with E-state index in [1.165, 1.54) is 15.4 Å². The first-order valence-corrected chi connectivity index (χ1v) is 12.8. The number of benzene rings is 1. The molecular weight excluding hydrogens is 482 g/mol. The van der Waals surface area contributed by atoms with Crippen LogP contribution in [-0.2, 0) is 6.54 Å². The number of nitrogens with zero attached hydrogens (tertiary/aromatic N) is 7. The van der Waals surface area contributed by atoms with Crippen molar-refractivity contribution in [1.29, 1.82) is 0 Å². The Morgan fingerprint density at radius 3 is 2.61 bits per heavy atom. The number of nitrogens with one attached hydrogen (secondary N) is 2. The summed E-state index contributed by atoms with van der Waals surface area (Å²) >= 11 is 0. The number of fused-ring (bicyclic) bond motifs is 1. The van der Waals surface area contributed by atoms with Crippen molar-refractivity contribution < 1.29 is 4.98 Å². The van der Waals surface area contributed by atoms with Crippen LogP contribution in [0.1, 0.15) is 25.5 Å². The molecule has 198 valence electrons. The van der Waals surface area contributed by atoms with Gasteiger partial charge in [0.2, 0.25) is 5.65 Å². The highest BCUT2D eigenvalue weighted by Crippen LogP contribution is 2.25. The fourth-order valence-electron chi connectivity index (χ4n) is 4.77. The number of anilines is 3. The predicted octanol–water partition coefficient (Wildman–Crippen LogP) is 2.13. The van der Waals surface area contributed by atoms with Crippen molar-refractivity contribution >= 4 is 28.4 Å². The Morgan fingerprint density at radius 2 is 1.89 bits per heavy atom. The molecule has 4 aromatic rings. The van der Waals surface area contributed by atoms with Gasteiger partial charge in [-0.05, 0) is 56.6 Å². The van der Waals surface area contributed by atoms with E-state index in [1.54, 1.807) is 23.0 Å². The lowest BCUT2D eigenvalue weighted by atomic mass is 10.1. The lowest BCUT2D eigenvalue weighted by Gasteiger charge is -2.34. The SMILES string of the molecule is C=CCn1c(=O)c2c[nH+]c(Nc3cc(C)cc(N4CCN(C)CC4)c3)nc2n1-c1ccc(=O)n(C(C)C)n1. The molecule has 1 fully saturated rings. The van der Waals surface area contributed by atoms with Gasteiger partial charge in [0.1, 0.15) is 11.1 Å². The van der Waals surface area contributed by atoms with Crippen molar-refractivity contribution in [3.05, 3.63) is 75.5 Å². The molecule has 3 aromatic heterocycles. The average Bonchev–Trinajstić information content (AvgIpc) is 3.15. The minimum absolute atomic E-state index is 0.141. The Morgan fingerprint density at radius 1 is 1.13 bits per heavy atom. The molecule has 1 aliphatic rings. The molecule has 1 aromatic carbocycles. The summed E-state index contributed by atoms with van der Waals surface area (Å²) in [6, 6.07) is 9.30. The minimum Gasteiger partial charge on any atom is -0.369 e. The average molecular weight is 517 g/mol. The normalized spacial score (nSPS) is 14.4. The molecule has 1 saturated heterocycles. The van der Waals surface area contributed by atoms with Gasteiger partial charge in [-0.25, -0.2) is 19.7 Å². The summed E-state index contributed by atoms with van der Waals surface area (Å²) in [6.45, 7) is 13.9. The van der Waals surface area contributed by atoms with Crippen LogP contribution in [0.2, 0.25) is 0 Å². The summed E-state index contributed by atoms with van der Waals surface area (Å²) in [4.78, 5) is 38.2. The molecule has 2 N–H and O–H groups in total. The maximum absolute atomic E-state index is 13.3. The molecule has 38 heavy (non-hydrogen) atoms. The number of piperazine rings is 1. The molecule has 0 aliphatic carbocycles. The third-order valence-electron chi connectivity index (χ3n) is 6.73. The molecule has 11 heteroatoms. The van der Waals surface area contributed by atoms with Crippen LogP contribution in [0.3, 0.4) is 0 Å². The molecule has 11 nitrogen and oxygen atoms in total. The summed E-state index contributed by atoms with van der Waals surface area (Å²) in [5, 5.41) is 8.32. The number of allylic oxidation sites excluding steroid dienone is 1. The zero-order valence-electron chi connectivity index (χ0n) is 22.3. The van der Waals surface area contributed by atoms with E-state index in [4.69, 9.17) is 4.98 Å². The van der Waals surface area contributed by atoms with E-state index in [-0.39, 0.29) is 23.7 Å². The van der Waals surface area contributed by atoms with Crippen LogP contribution in [0.25, 0.3) is 16.9 Å². The molecule has 0 atom stereocenters. The third kappa shape index (κ3) is 4.84. The lowest BCUT2D eigenvalue weighted by molar-refractivity contribution is -0.362. The van der Waals surface area contributed by atoms with E-state index in [1.807, 2.05) is 13.8 Å². The van der Waals surface area contributed by atoms with Gasteiger partial charge in [-0.1, -0.05) is 6.08 Å². The van der Waals surface area contributed by atoms with E-state index in [0.717, 1.165) is 43.1 Å². The van der Waals surface area contributed by atoms with E-state index in [9.17, 15) is 9.59 Å². The van der Waals surface area contributed by atoms with Crippen molar-refractivity contribution in [1.82, 2.24) is 29.0 Å². The smallest absolute Gasteiger partial charge is 0.369 e. The second-order valence-electron chi connectivity index (χ2n) is 10.0. The molecule has 0 radical (unpaired) electrons. The van der Waals surface area contributed by atoms with E-state index < -0.39 is 0 Å². The summed E-state index contributed by atoms with van der Waals surface area (Å²) in [7, 11) is 2.15. The highest BCUT2D eigenvalue weighted by molar-refractivity contribution is 5.76. The summed E-state index contributed by atoms with van der Waals surface area (Å²) in [5.41, 5.74) is 3.18. The lowest BCUT2D eigenvalue weighted by Crippen LogP contribution is -2.44. The molecule has 0 unspecified atom stereocenters. The summed E-state index contributed by atoms with van der Waals surface area (Å²) in [6.07, 6.45) is 3.30. The van der Waals surface area contributed by atoms with Gasteiger partial charge in [0, 0.05) is 44.0 Å². The van der Waals surface area contributed by atoms with Gasteiger partial charge in [0.15, 0.2) is 5.82 Å². The van der Waals surface area contributed by atoms with Crippen molar-refractivity contribution in [2.45, 2.75) is 33.4 Å². The largest absolute Gasteiger partial charge is 0.396 e. The summed E-state index contributed by atoms with van der Waals surface area (Å²) in [5.74, 6) is 0.902. The third-order valence-corrected chi connectivity index (χ3v) is 6.73. The molecule has 4 heterocycles. The number of aromatic amines is 1. The Hall–Kier alpha value is -4.25. The van der Waals surface area contributed by atoms with Crippen LogP contribution < -0.4 is 26.3 Å². The second-order valence-corrected chi connectivity index (χ2v) is 10.0. The Balaban J connectivity index is 1.57. The maximum Gasteiger partial charge on any atom is 0.396 e. The zero-order valence-corrected chi connectivity index (χ0v) is 22.3. The van der Waals surface area contributed by atoms with E-state index >= 15 is 0 Å². The van der Waals surface area contributed by atoms with Gasteiger partial charge in [0.25, 0.3) is 11.1 Å². The van der Waals surface area contributed by atoms with E-state index in [0.29, 0.717) is 22.8 Å². The quantitative estimate of drug-likeness (QED) is 0.375. The second kappa shape index (κ2) is 10.3. The van der Waals surface area contributed by atoms with E-state index in [2.05, 4.69) is 63.9 Å². The molecule has 0 amide bonds. The van der Waals surface area contributed by atoms with Crippen LogP contribution in [0.5, 0.6) is 0 Å². The zero-order chi connectivity index (χ0) is 27.0. The summed E-state index contributed by atoms with van der Waals surface area (Å²) < 4.78 is 4.55. The molecule has 0 bridgehead atoms. The molecule has 5 rings (SSSR count). The van der Waals surface area contributed by atoms with Gasteiger partial charge < -0.3 is 9.80 Å². The number of aromatic nitrogens is 6. The van der Waals surface area contributed by atoms with Crippen LogP contribution in [0.4, 0.5) is 17.3 Å². The first-order valence-electron chi connectivity index (χ1n) is 12.8. The van der Waals surface area contributed by atoms with Crippen molar-refractivity contribution in [3.8, 4) is 5.82 Å². The fourth-order valence-corrected chi connectivity index (χ4v) is 4.77. The predicted molar refractivity (Wildman–Crippen MR) is 149 cm³/mol. The van der Waals surface area contributed by atoms with Crippen LogP contribution in [0.15, 0.2) is 58.8 Å². The molecule has 0 saturated carbocycles. The number of H-pyrrole nitrogens is 1. The van der Waals surface area contributed by atoms with Crippen molar-refractivity contribution in [2.75, 3.05) is 43.4 Å². The standard InChI is InChI=1S/C27H33N9O2/c1-6-9-34-26(38)22-17-28-27(30-25(22)36(34)23-7-8-24(37)35(31-23)18(2)3)29-20-14-19(4)15-21(16-20)33-12-10-32(5)11-13-33/h6-8,14-18H,1,9-13H2,2-5H3,(H,28,29,30)/p+1. The van der Waals surface area contributed by atoms with Crippen LogP contribution in [0, 0.1) is 6.92 Å². The Kier molecular flexibility index (Phi) is 6.85. The van der Waals surface area contributed by atoms with Crippen LogP contribution in [-0.4, -0.2) is 62.3 Å². The number of hydrogen-bond donors (Lipinski definition) is 1. The van der Waals surface area contributed by atoms with Gasteiger partial charge >= 0.3 is 5.95 Å². The Bertz CT molecular complexity index is 1610. The van der Waals surface area contributed by atoms with Crippen LogP contribution >= 0.6 is 0 Å². The van der Waals surface area contributed by atoms with Gasteiger partial charge in [-0.15, -0.1) is 11.7 Å². The monoisotopic (exact) mass is 516 g/mol. The topological polar surface area (TPSA) is 107 Å². The molecule has 1 aliphatic heterocycles. The fraction of sp³-hybridized carbons (Fsp3) is 0.370. The first kappa shape index (κ1) is 25.4. The van der Waals surface area contributed by atoms with Crippen molar-refractivity contribution in [3.63, 3.8) is 0 Å². The number of rotatable bonds is 7. The number of hydrogen-bond acceptors (Lipinski definition) is 7. The highest BCUT2D eigenvalue weighted by atomic mass is 16.1. The maximum atomic E-state index is 13.3. The number of likely N-dealkylation sites (N-methyl/N-ethyl adjacent to an activating group) is 1. The van der Waals surface area contributed by atoms with Gasteiger partial charge in [0.05, 0.1) is 18.8 Å². The first-order chi connectivity index (χ1) is 18.2. The Labute approximate surface area is 220 Å². The highest BCUT2D eigenvalue weighted by Gasteiger charge is 2.23. The molecule has 0 spiro atoms. The minimum atomic E-state index is -0.229. The number of aryl methyl sites for hydroxylation is 1. The van der Waals surface area contributed by atoms with Gasteiger partial charge in [-0.2, -0.15) is 4.68 Å². The molecular formula is C27H34N9O2+.